The van der Waals surface area contributed by atoms with Crippen molar-refractivity contribution >= 4 is 44.9 Å². The van der Waals surface area contributed by atoms with Gasteiger partial charge in [-0.1, -0.05) is 52.3 Å². The molecule has 0 aliphatic rings. The van der Waals surface area contributed by atoms with Crippen LogP contribution in [-0.4, -0.2) is 26.2 Å². The lowest BCUT2D eigenvalue weighted by Crippen LogP contribution is -2.19. The van der Waals surface area contributed by atoms with E-state index in [9.17, 15) is 9.59 Å². The largest absolute Gasteiger partial charge is 0.465 e. The van der Waals surface area contributed by atoms with E-state index in [2.05, 4.69) is 15.9 Å². The lowest BCUT2D eigenvalue weighted by molar-refractivity contribution is 0.0601. The second-order valence-electron chi connectivity index (χ2n) is 5.84. The molecule has 0 N–H and O–H groups in total. The van der Waals surface area contributed by atoms with E-state index in [1.54, 1.807) is 12.1 Å². The standard InChI is InChI=1S/C22H18BrNO4/c1-27-21(25)18-13-15(23)14-19(22(26)28-2)20(18)24(16-9-5-3-6-10-16)17-11-7-4-8-12-17/h3-14H,1-2H3. The van der Waals surface area contributed by atoms with E-state index in [1.165, 1.54) is 14.2 Å². The molecule has 0 aromatic heterocycles. The van der Waals surface area contributed by atoms with Crippen molar-refractivity contribution in [3.05, 3.63) is 88.4 Å². The molecule has 0 amide bonds. The molecule has 0 saturated carbocycles. The third kappa shape index (κ3) is 3.92. The fourth-order valence-corrected chi connectivity index (χ4v) is 3.39. The Labute approximate surface area is 171 Å². The summed E-state index contributed by atoms with van der Waals surface area (Å²) in [5, 5.41) is 0. The number of nitrogens with zero attached hydrogens (tertiary/aromatic N) is 1. The molecule has 0 saturated heterocycles. The van der Waals surface area contributed by atoms with Gasteiger partial charge in [0.1, 0.15) is 0 Å². The Morgan fingerprint density at radius 1 is 0.750 bits per heavy atom. The Bertz CT molecular complexity index is 913. The lowest BCUT2D eigenvalue weighted by Gasteiger charge is -2.28. The third-order valence-corrected chi connectivity index (χ3v) is 4.60. The topological polar surface area (TPSA) is 55.8 Å². The summed E-state index contributed by atoms with van der Waals surface area (Å²) >= 11 is 3.37. The quantitative estimate of drug-likeness (QED) is 0.491. The highest BCUT2D eigenvalue weighted by molar-refractivity contribution is 9.10. The molecule has 3 aromatic rings. The van der Waals surface area contributed by atoms with E-state index < -0.39 is 11.9 Å². The molecule has 0 atom stereocenters. The van der Waals surface area contributed by atoms with Gasteiger partial charge in [0, 0.05) is 15.8 Å². The van der Waals surface area contributed by atoms with Crippen LogP contribution in [0.4, 0.5) is 17.1 Å². The minimum atomic E-state index is -0.557. The maximum absolute atomic E-state index is 12.6. The molecule has 0 aliphatic carbocycles. The van der Waals surface area contributed by atoms with Gasteiger partial charge in [-0.25, -0.2) is 9.59 Å². The fraction of sp³-hybridized carbons (Fsp3) is 0.0909. The molecule has 3 aromatic carbocycles. The third-order valence-electron chi connectivity index (χ3n) is 4.14. The van der Waals surface area contributed by atoms with E-state index in [1.807, 2.05) is 65.6 Å². The predicted octanol–water partition coefficient (Wildman–Crippen LogP) is 5.49. The molecule has 0 radical (unpaired) electrons. The molecule has 28 heavy (non-hydrogen) atoms. The van der Waals surface area contributed by atoms with Gasteiger partial charge in [0.05, 0.1) is 31.0 Å². The van der Waals surface area contributed by atoms with E-state index >= 15 is 0 Å². The van der Waals surface area contributed by atoms with Crippen LogP contribution in [0.25, 0.3) is 0 Å². The van der Waals surface area contributed by atoms with Gasteiger partial charge in [-0.15, -0.1) is 0 Å². The van der Waals surface area contributed by atoms with Crippen LogP contribution in [0.3, 0.4) is 0 Å². The highest BCUT2D eigenvalue weighted by atomic mass is 79.9. The Kier molecular flexibility index (Phi) is 6.11. The van der Waals surface area contributed by atoms with E-state index in [0.717, 1.165) is 11.4 Å². The minimum absolute atomic E-state index is 0.241. The van der Waals surface area contributed by atoms with Gasteiger partial charge in [0.15, 0.2) is 0 Å². The van der Waals surface area contributed by atoms with Crippen LogP contribution in [0.15, 0.2) is 77.3 Å². The van der Waals surface area contributed by atoms with Crippen LogP contribution in [0.2, 0.25) is 0 Å². The summed E-state index contributed by atoms with van der Waals surface area (Å²) in [5.41, 5.74) is 2.44. The van der Waals surface area contributed by atoms with Crippen molar-refractivity contribution in [2.75, 3.05) is 19.1 Å². The fourth-order valence-electron chi connectivity index (χ4n) is 2.93. The van der Waals surface area contributed by atoms with Crippen LogP contribution >= 0.6 is 15.9 Å². The highest BCUT2D eigenvalue weighted by Crippen LogP contribution is 2.40. The van der Waals surface area contributed by atoms with Gasteiger partial charge >= 0.3 is 11.9 Å². The second-order valence-corrected chi connectivity index (χ2v) is 6.75. The van der Waals surface area contributed by atoms with Crippen LogP contribution in [0.5, 0.6) is 0 Å². The molecular formula is C22H18BrNO4. The molecule has 0 fully saturated rings. The number of rotatable bonds is 5. The van der Waals surface area contributed by atoms with Crippen LogP contribution < -0.4 is 4.90 Å². The molecular weight excluding hydrogens is 422 g/mol. The van der Waals surface area contributed by atoms with Gasteiger partial charge in [-0.05, 0) is 36.4 Å². The summed E-state index contributed by atoms with van der Waals surface area (Å²) in [4.78, 5) is 27.0. The zero-order valence-electron chi connectivity index (χ0n) is 15.4. The summed E-state index contributed by atoms with van der Waals surface area (Å²) in [7, 11) is 2.61. The van der Waals surface area contributed by atoms with Crippen molar-refractivity contribution < 1.29 is 19.1 Å². The number of hydrogen-bond donors (Lipinski definition) is 0. The Morgan fingerprint density at radius 2 is 1.14 bits per heavy atom. The molecule has 0 bridgehead atoms. The van der Waals surface area contributed by atoms with Gasteiger partial charge in [-0.3, -0.25) is 0 Å². The molecule has 3 rings (SSSR count). The molecule has 6 heteroatoms. The first-order chi connectivity index (χ1) is 13.6. The van der Waals surface area contributed by atoms with Crippen molar-refractivity contribution in [2.24, 2.45) is 0 Å². The molecule has 0 spiro atoms. The van der Waals surface area contributed by atoms with Crippen LogP contribution in [0.1, 0.15) is 20.7 Å². The first-order valence-electron chi connectivity index (χ1n) is 8.47. The number of esters is 2. The number of ether oxygens (including phenoxy) is 2. The number of para-hydroxylation sites is 2. The van der Waals surface area contributed by atoms with Gasteiger partial charge in [0.25, 0.3) is 0 Å². The smallest absolute Gasteiger partial charge is 0.340 e. The molecule has 0 unspecified atom stereocenters. The first-order valence-corrected chi connectivity index (χ1v) is 9.26. The molecule has 142 valence electrons. The molecule has 0 heterocycles. The van der Waals surface area contributed by atoms with Gasteiger partial charge in [-0.2, -0.15) is 0 Å². The summed E-state index contributed by atoms with van der Waals surface area (Å²) in [6.07, 6.45) is 0. The monoisotopic (exact) mass is 439 g/mol. The lowest BCUT2D eigenvalue weighted by atomic mass is 10.0. The van der Waals surface area contributed by atoms with Crippen molar-refractivity contribution in [2.45, 2.75) is 0 Å². The first kappa shape index (κ1) is 19.6. The van der Waals surface area contributed by atoms with Crippen LogP contribution in [-0.2, 0) is 9.47 Å². The summed E-state index contributed by atoms with van der Waals surface area (Å²) in [6.45, 7) is 0. The van der Waals surface area contributed by atoms with E-state index in [-0.39, 0.29) is 11.1 Å². The zero-order valence-corrected chi connectivity index (χ0v) is 17.0. The number of hydrogen-bond acceptors (Lipinski definition) is 5. The van der Waals surface area contributed by atoms with Gasteiger partial charge < -0.3 is 14.4 Å². The van der Waals surface area contributed by atoms with Crippen LogP contribution in [0, 0.1) is 0 Å². The normalized spacial score (nSPS) is 10.2. The average Bonchev–Trinajstić information content (AvgIpc) is 2.75. The highest BCUT2D eigenvalue weighted by Gasteiger charge is 2.27. The zero-order chi connectivity index (χ0) is 20.1. The summed E-state index contributed by atoms with van der Waals surface area (Å²) < 4.78 is 10.5. The summed E-state index contributed by atoms with van der Waals surface area (Å²) in [5.74, 6) is -1.11. The Hall–Kier alpha value is -3.12. The van der Waals surface area contributed by atoms with Gasteiger partial charge in [0.2, 0.25) is 0 Å². The number of carbonyl (C=O) groups is 2. The average molecular weight is 440 g/mol. The second kappa shape index (κ2) is 8.71. The number of benzene rings is 3. The number of halogens is 1. The van der Waals surface area contributed by atoms with Crippen molar-refractivity contribution in [3.8, 4) is 0 Å². The predicted molar refractivity (Wildman–Crippen MR) is 112 cm³/mol. The van der Waals surface area contributed by atoms with Crippen molar-refractivity contribution in [3.63, 3.8) is 0 Å². The minimum Gasteiger partial charge on any atom is -0.465 e. The van der Waals surface area contributed by atoms with Crippen molar-refractivity contribution in [1.29, 1.82) is 0 Å². The number of carbonyl (C=O) groups excluding carboxylic acids is 2. The van der Waals surface area contributed by atoms with E-state index in [0.29, 0.717) is 10.2 Å². The summed E-state index contributed by atoms with van der Waals surface area (Å²) in [6, 6.07) is 22.2. The number of anilines is 3. The maximum atomic E-state index is 12.6. The molecule has 0 aliphatic heterocycles. The molecule has 5 nitrogen and oxygen atoms in total. The Balaban J connectivity index is 2.39. The number of methoxy groups -OCH3 is 2. The Morgan fingerprint density at radius 3 is 1.50 bits per heavy atom. The van der Waals surface area contributed by atoms with E-state index in [4.69, 9.17) is 9.47 Å². The SMILES string of the molecule is COC(=O)c1cc(Br)cc(C(=O)OC)c1N(c1ccccc1)c1ccccc1. The maximum Gasteiger partial charge on any atom is 0.340 e. The van der Waals surface area contributed by atoms with Crippen molar-refractivity contribution in [1.82, 2.24) is 0 Å².